The minimum atomic E-state index is -3.81. The highest BCUT2D eigenvalue weighted by Crippen LogP contribution is 2.40. The number of hydrogen-bond acceptors (Lipinski definition) is 3. The van der Waals surface area contributed by atoms with E-state index < -0.39 is 27.3 Å². The van der Waals surface area contributed by atoms with Gasteiger partial charge in [0.05, 0.1) is 5.75 Å². The summed E-state index contributed by atoms with van der Waals surface area (Å²) in [5.41, 5.74) is -1.07. The fraction of sp³-hybridized carbons (Fsp3) is 0.462. The molecule has 1 atom stereocenters. The first kappa shape index (κ1) is 14.9. The predicted octanol–water partition coefficient (Wildman–Crippen LogP) is 1.50. The third kappa shape index (κ3) is 3.34. The van der Waals surface area contributed by atoms with Crippen LogP contribution in [0.4, 0.5) is 4.39 Å². The Morgan fingerprint density at radius 3 is 2.40 bits per heavy atom. The Kier molecular flexibility index (Phi) is 3.84. The van der Waals surface area contributed by atoms with Gasteiger partial charge in [0.1, 0.15) is 11.4 Å². The molecule has 0 amide bonds. The van der Waals surface area contributed by atoms with E-state index in [1.807, 2.05) is 0 Å². The Bertz CT molecular complexity index is 610. The van der Waals surface area contributed by atoms with Gasteiger partial charge >= 0.3 is 5.97 Å². The number of halogens is 1. The molecule has 0 heterocycles. The van der Waals surface area contributed by atoms with Crippen molar-refractivity contribution in [3.63, 3.8) is 0 Å². The second kappa shape index (κ2) is 5.14. The Morgan fingerprint density at radius 2 is 1.95 bits per heavy atom. The first-order valence-corrected chi connectivity index (χ1v) is 7.88. The van der Waals surface area contributed by atoms with Crippen molar-refractivity contribution < 1.29 is 22.7 Å². The lowest BCUT2D eigenvalue weighted by molar-refractivity contribution is -0.144. The molecule has 1 aromatic rings. The maximum atomic E-state index is 12.8. The lowest BCUT2D eigenvalue weighted by Gasteiger charge is -2.25. The molecule has 1 aliphatic rings. The van der Waals surface area contributed by atoms with Crippen molar-refractivity contribution in [1.29, 1.82) is 0 Å². The topological polar surface area (TPSA) is 83.5 Å². The highest BCUT2D eigenvalue weighted by atomic mass is 32.2. The summed E-state index contributed by atoms with van der Waals surface area (Å²) in [6, 6.07) is 5.07. The molecule has 7 heteroatoms. The van der Waals surface area contributed by atoms with Crippen LogP contribution in [0, 0.1) is 11.7 Å². The Labute approximate surface area is 116 Å². The maximum Gasteiger partial charge on any atom is 0.324 e. The molecule has 1 fully saturated rings. The molecule has 1 aromatic carbocycles. The average molecular weight is 301 g/mol. The third-order valence-corrected chi connectivity index (χ3v) is 4.92. The molecule has 0 aromatic heterocycles. The van der Waals surface area contributed by atoms with E-state index in [2.05, 4.69) is 4.72 Å². The number of rotatable bonds is 6. The molecular formula is C13H16FNO4S. The quantitative estimate of drug-likeness (QED) is 0.834. The van der Waals surface area contributed by atoms with E-state index in [9.17, 15) is 22.7 Å². The minimum absolute atomic E-state index is 0.178. The normalized spacial score (nSPS) is 18.5. The van der Waals surface area contributed by atoms with Crippen molar-refractivity contribution in [2.24, 2.45) is 5.92 Å². The van der Waals surface area contributed by atoms with Gasteiger partial charge in [-0.05, 0) is 43.4 Å². The number of carboxylic acids is 1. The van der Waals surface area contributed by atoms with Crippen molar-refractivity contribution in [3.05, 3.63) is 35.6 Å². The monoisotopic (exact) mass is 301 g/mol. The summed E-state index contributed by atoms with van der Waals surface area (Å²) < 4.78 is 39.2. The van der Waals surface area contributed by atoms with E-state index in [0.717, 1.165) is 0 Å². The average Bonchev–Trinajstić information content (AvgIpc) is 3.15. The van der Waals surface area contributed by atoms with Gasteiger partial charge in [0.25, 0.3) is 0 Å². The highest BCUT2D eigenvalue weighted by molar-refractivity contribution is 7.88. The Balaban J connectivity index is 2.14. The van der Waals surface area contributed by atoms with Crippen LogP contribution in [0.2, 0.25) is 0 Å². The van der Waals surface area contributed by atoms with Crippen LogP contribution in [0.5, 0.6) is 0 Å². The largest absolute Gasteiger partial charge is 0.480 e. The van der Waals surface area contributed by atoms with E-state index in [-0.39, 0.29) is 11.7 Å². The highest BCUT2D eigenvalue weighted by Gasteiger charge is 2.49. The van der Waals surface area contributed by atoms with Crippen LogP contribution in [0.15, 0.2) is 24.3 Å². The molecule has 20 heavy (non-hydrogen) atoms. The molecule has 5 nitrogen and oxygen atoms in total. The summed E-state index contributed by atoms with van der Waals surface area (Å²) in [7, 11) is -3.81. The number of carbonyl (C=O) groups is 1. The van der Waals surface area contributed by atoms with Crippen molar-refractivity contribution in [2.75, 3.05) is 0 Å². The summed E-state index contributed by atoms with van der Waals surface area (Å²) in [5, 5.41) is 9.23. The lowest BCUT2D eigenvalue weighted by Crippen LogP contribution is -2.54. The van der Waals surface area contributed by atoms with Crippen molar-refractivity contribution in [2.45, 2.75) is 31.1 Å². The first-order chi connectivity index (χ1) is 9.23. The van der Waals surface area contributed by atoms with Gasteiger partial charge in [0.15, 0.2) is 0 Å². The Hall–Kier alpha value is -1.47. The second-order valence-corrected chi connectivity index (χ2v) is 6.99. The summed E-state index contributed by atoms with van der Waals surface area (Å²) in [5.74, 6) is -2.18. The van der Waals surface area contributed by atoms with Gasteiger partial charge in [-0.1, -0.05) is 12.1 Å². The van der Waals surface area contributed by atoms with Gasteiger partial charge in [-0.25, -0.2) is 12.8 Å². The van der Waals surface area contributed by atoms with Crippen LogP contribution in [-0.4, -0.2) is 25.0 Å². The number of benzene rings is 1. The second-order valence-electron chi connectivity index (χ2n) is 5.27. The van der Waals surface area contributed by atoms with E-state index in [1.54, 1.807) is 0 Å². The molecule has 0 radical (unpaired) electrons. The van der Waals surface area contributed by atoms with Crippen LogP contribution in [0.1, 0.15) is 25.3 Å². The first-order valence-electron chi connectivity index (χ1n) is 6.22. The van der Waals surface area contributed by atoms with Gasteiger partial charge in [0.2, 0.25) is 10.0 Å². The predicted molar refractivity (Wildman–Crippen MR) is 70.9 cm³/mol. The van der Waals surface area contributed by atoms with Gasteiger partial charge < -0.3 is 5.11 Å². The van der Waals surface area contributed by atoms with Gasteiger partial charge in [-0.2, -0.15) is 4.72 Å². The summed E-state index contributed by atoms with van der Waals surface area (Å²) in [6.07, 6.45) is 1.39. The van der Waals surface area contributed by atoms with E-state index in [1.165, 1.54) is 31.2 Å². The zero-order valence-electron chi connectivity index (χ0n) is 11.0. The van der Waals surface area contributed by atoms with Crippen LogP contribution in [0.25, 0.3) is 0 Å². The van der Waals surface area contributed by atoms with Crippen molar-refractivity contribution >= 4 is 16.0 Å². The minimum Gasteiger partial charge on any atom is -0.480 e. The maximum absolute atomic E-state index is 12.8. The van der Waals surface area contributed by atoms with Gasteiger partial charge in [-0.15, -0.1) is 0 Å². The number of carboxylic acid groups (broad SMARTS) is 1. The van der Waals surface area contributed by atoms with Crippen LogP contribution >= 0.6 is 0 Å². The van der Waals surface area contributed by atoms with E-state index >= 15 is 0 Å². The number of hydrogen-bond donors (Lipinski definition) is 2. The summed E-state index contributed by atoms with van der Waals surface area (Å²) in [4.78, 5) is 11.3. The molecule has 0 bridgehead atoms. The smallest absolute Gasteiger partial charge is 0.324 e. The molecule has 0 spiro atoms. The van der Waals surface area contributed by atoms with E-state index in [0.29, 0.717) is 18.4 Å². The molecule has 2 rings (SSSR count). The van der Waals surface area contributed by atoms with Gasteiger partial charge in [0, 0.05) is 0 Å². The van der Waals surface area contributed by atoms with Crippen LogP contribution in [-0.2, 0) is 20.6 Å². The van der Waals surface area contributed by atoms with Crippen molar-refractivity contribution in [1.82, 2.24) is 4.72 Å². The van der Waals surface area contributed by atoms with Crippen molar-refractivity contribution in [3.8, 4) is 0 Å². The molecule has 1 saturated carbocycles. The van der Waals surface area contributed by atoms with Gasteiger partial charge in [-0.3, -0.25) is 4.79 Å². The summed E-state index contributed by atoms with van der Waals surface area (Å²) in [6.45, 7) is 1.38. The lowest BCUT2D eigenvalue weighted by atomic mass is 9.98. The fourth-order valence-corrected chi connectivity index (χ4v) is 3.72. The van der Waals surface area contributed by atoms with Crippen LogP contribution in [0.3, 0.4) is 0 Å². The van der Waals surface area contributed by atoms with E-state index in [4.69, 9.17) is 0 Å². The molecular weight excluding hydrogens is 285 g/mol. The summed E-state index contributed by atoms with van der Waals surface area (Å²) >= 11 is 0. The third-order valence-electron chi connectivity index (χ3n) is 3.48. The Morgan fingerprint density at radius 1 is 1.40 bits per heavy atom. The number of sulfonamides is 1. The zero-order chi connectivity index (χ0) is 15.0. The molecule has 1 unspecified atom stereocenters. The molecule has 110 valence electrons. The molecule has 0 aliphatic heterocycles. The standard InChI is InChI=1S/C13H16FNO4S/c1-13(12(16)17,10-4-5-10)15-20(18,19)8-9-2-6-11(14)7-3-9/h2-3,6-7,10,15H,4-5,8H2,1H3,(H,16,17). The van der Waals surface area contributed by atoms with Crippen LogP contribution < -0.4 is 4.72 Å². The number of aliphatic carboxylic acids is 1. The molecule has 0 saturated heterocycles. The molecule has 1 aliphatic carbocycles. The fourth-order valence-electron chi connectivity index (χ4n) is 2.12. The SMILES string of the molecule is CC(NS(=O)(=O)Cc1ccc(F)cc1)(C(=O)O)C1CC1. The molecule has 2 N–H and O–H groups in total. The zero-order valence-corrected chi connectivity index (χ0v) is 11.8. The number of nitrogens with one attached hydrogen (secondary N) is 1.